The topological polar surface area (TPSA) is 29.5 Å². The van der Waals surface area contributed by atoms with Crippen molar-refractivity contribution < 1.29 is 14.2 Å². The van der Waals surface area contributed by atoms with Gasteiger partial charge in [0.2, 0.25) is 0 Å². The van der Waals surface area contributed by atoms with E-state index in [1.807, 2.05) is 24.3 Å². The van der Waals surface area contributed by atoms with Gasteiger partial charge in [0.25, 0.3) is 0 Å². The molecule has 0 saturated heterocycles. The molecule has 0 bridgehead atoms. The predicted octanol–water partition coefficient (Wildman–Crippen LogP) is 2.94. The first kappa shape index (κ1) is 12.6. The summed E-state index contributed by atoms with van der Waals surface area (Å²) >= 11 is 0. The Hall–Kier alpha value is -1.87. The minimum absolute atomic E-state index is 0.0695. The van der Waals surface area contributed by atoms with E-state index < -0.39 is 0 Å². The second kappa shape index (κ2) is 6.17. The fraction of sp³-hybridized carbons (Fsp3) is 0.200. The Balaban J connectivity index is 2.08. The molecule has 18 heavy (non-hydrogen) atoms. The molecule has 1 N–H and O–H groups in total. The molecule has 0 fully saturated rings. The van der Waals surface area contributed by atoms with Crippen LogP contribution in [0.15, 0.2) is 48.5 Å². The van der Waals surface area contributed by atoms with E-state index in [9.17, 15) is 4.39 Å². The summed E-state index contributed by atoms with van der Waals surface area (Å²) in [6.45, 7) is 0.259. The highest BCUT2D eigenvalue weighted by Crippen LogP contribution is 2.20. The molecule has 0 atom stereocenters. The molecule has 2 rings (SSSR count). The van der Waals surface area contributed by atoms with Crippen LogP contribution in [0.3, 0.4) is 0 Å². The molecule has 0 amide bonds. The number of hydrogen-bond acceptors (Lipinski definition) is 2. The Kier molecular flexibility index (Phi) is 4.31. The van der Waals surface area contributed by atoms with Crippen molar-refractivity contribution >= 4 is 0 Å². The molecule has 0 radical (unpaired) electrons. The zero-order valence-electron chi connectivity index (χ0n) is 9.97. The predicted molar refractivity (Wildman–Crippen MR) is 68.0 cm³/mol. The van der Waals surface area contributed by atoms with Gasteiger partial charge < -0.3 is 9.84 Å². The average molecular weight is 246 g/mol. The van der Waals surface area contributed by atoms with E-state index in [-0.39, 0.29) is 19.0 Å². The first-order valence-electron chi connectivity index (χ1n) is 5.86. The normalized spacial score (nSPS) is 10.3. The highest BCUT2D eigenvalue weighted by molar-refractivity contribution is 5.33. The number of aliphatic hydroxyl groups is 1. The van der Waals surface area contributed by atoms with Crippen LogP contribution in [-0.4, -0.2) is 11.7 Å². The average Bonchev–Trinajstić information content (AvgIpc) is 2.40. The Morgan fingerprint density at radius 3 is 2.33 bits per heavy atom. The largest absolute Gasteiger partial charge is 0.489 e. The molecular formula is C15H15FO2. The van der Waals surface area contributed by atoms with Crippen LogP contribution in [0.4, 0.5) is 4.39 Å². The second-order valence-electron chi connectivity index (χ2n) is 3.96. The van der Waals surface area contributed by atoms with Gasteiger partial charge in [0, 0.05) is 12.2 Å². The summed E-state index contributed by atoms with van der Waals surface area (Å²) in [5, 5.41) is 8.96. The molecule has 2 nitrogen and oxygen atoms in total. The summed E-state index contributed by atoms with van der Waals surface area (Å²) in [7, 11) is 0. The third-order valence-electron chi connectivity index (χ3n) is 2.69. The van der Waals surface area contributed by atoms with Gasteiger partial charge >= 0.3 is 0 Å². The molecule has 2 aromatic carbocycles. The zero-order valence-corrected chi connectivity index (χ0v) is 9.97. The number of hydrogen-bond donors (Lipinski definition) is 1. The van der Waals surface area contributed by atoms with Gasteiger partial charge in [-0.05, 0) is 24.1 Å². The highest BCUT2D eigenvalue weighted by Gasteiger charge is 2.05. The summed E-state index contributed by atoms with van der Waals surface area (Å²) < 4.78 is 19.0. The molecule has 0 unspecified atom stereocenters. The lowest BCUT2D eigenvalue weighted by molar-refractivity contribution is 0.281. The van der Waals surface area contributed by atoms with Crippen LogP contribution in [0.2, 0.25) is 0 Å². The van der Waals surface area contributed by atoms with Crippen molar-refractivity contribution in [3.8, 4) is 5.75 Å². The van der Waals surface area contributed by atoms with Gasteiger partial charge in [-0.1, -0.05) is 36.4 Å². The second-order valence-corrected chi connectivity index (χ2v) is 3.96. The molecule has 0 heterocycles. The molecule has 0 aliphatic carbocycles. The molecule has 2 aromatic rings. The van der Waals surface area contributed by atoms with Crippen LogP contribution >= 0.6 is 0 Å². The molecule has 3 heteroatoms. The van der Waals surface area contributed by atoms with E-state index >= 15 is 0 Å². The lowest BCUT2D eigenvalue weighted by Crippen LogP contribution is -2.01. The van der Waals surface area contributed by atoms with Crippen LogP contribution in [0.5, 0.6) is 5.75 Å². The van der Waals surface area contributed by atoms with E-state index in [2.05, 4.69) is 0 Å². The third-order valence-corrected chi connectivity index (χ3v) is 2.69. The third kappa shape index (κ3) is 3.08. The first-order valence-corrected chi connectivity index (χ1v) is 5.86. The van der Waals surface area contributed by atoms with Crippen molar-refractivity contribution in [2.75, 3.05) is 6.61 Å². The molecule has 94 valence electrons. The minimum Gasteiger partial charge on any atom is -0.489 e. The van der Waals surface area contributed by atoms with Gasteiger partial charge in [0.15, 0.2) is 0 Å². The van der Waals surface area contributed by atoms with Crippen LogP contribution in [0.25, 0.3) is 0 Å². The fourth-order valence-corrected chi connectivity index (χ4v) is 1.74. The summed E-state index contributed by atoms with van der Waals surface area (Å²) in [5.74, 6) is 0.423. The van der Waals surface area contributed by atoms with Crippen molar-refractivity contribution in [2.24, 2.45) is 0 Å². The summed E-state index contributed by atoms with van der Waals surface area (Å²) in [5.41, 5.74) is 1.45. The molecular weight excluding hydrogens is 231 g/mol. The van der Waals surface area contributed by atoms with E-state index in [0.717, 1.165) is 5.56 Å². The molecule has 0 aromatic heterocycles. The lowest BCUT2D eigenvalue weighted by atomic mass is 10.1. The Morgan fingerprint density at radius 2 is 1.61 bits per heavy atom. The van der Waals surface area contributed by atoms with Gasteiger partial charge in [-0.25, -0.2) is 4.39 Å². The molecule has 0 spiro atoms. The number of ether oxygens (including phenoxy) is 1. The highest BCUT2D eigenvalue weighted by atomic mass is 19.1. The lowest BCUT2D eigenvalue weighted by Gasteiger charge is -2.11. The Morgan fingerprint density at radius 1 is 0.944 bits per heavy atom. The van der Waals surface area contributed by atoms with Gasteiger partial charge in [0.05, 0.1) is 0 Å². The summed E-state index contributed by atoms with van der Waals surface area (Å²) in [4.78, 5) is 0. The van der Waals surface area contributed by atoms with Crippen molar-refractivity contribution in [3.05, 3.63) is 65.5 Å². The van der Waals surface area contributed by atoms with Crippen molar-refractivity contribution in [1.29, 1.82) is 0 Å². The van der Waals surface area contributed by atoms with Crippen molar-refractivity contribution in [1.82, 2.24) is 0 Å². The van der Waals surface area contributed by atoms with E-state index in [4.69, 9.17) is 9.84 Å². The maximum atomic E-state index is 13.4. The van der Waals surface area contributed by atoms with Gasteiger partial charge in [0.1, 0.15) is 18.2 Å². The standard InChI is InChI=1S/C15H15FO2/c16-14-7-3-1-6-13(14)11-18-15-8-4-2-5-12(15)9-10-17/h1-8,17H,9-11H2. The smallest absolute Gasteiger partial charge is 0.129 e. The Labute approximate surface area is 106 Å². The molecule has 0 aliphatic rings. The number of para-hydroxylation sites is 1. The molecule has 0 saturated carbocycles. The van der Waals surface area contributed by atoms with Crippen molar-refractivity contribution in [3.63, 3.8) is 0 Å². The van der Waals surface area contributed by atoms with Gasteiger partial charge in [-0.3, -0.25) is 0 Å². The van der Waals surface area contributed by atoms with E-state index in [0.29, 0.717) is 17.7 Å². The van der Waals surface area contributed by atoms with Crippen LogP contribution < -0.4 is 4.74 Å². The summed E-state index contributed by atoms with van der Waals surface area (Å²) in [6, 6.07) is 14.0. The maximum absolute atomic E-state index is 13.4. The van der Waals surface area contributed by atoms with Gasteiger partial charge in [-0.15, -0.1) is 0 Å². The van der Waals surface area contributed by atoms with Crippen LogP contribution in [0, 0.1) is 5.82 Å². The summed E-state index contributed by atoms with van der Waals surface area (Å²) in [6.07, 6.45) is 0.535. The maximum Gasteiger partial charge on any atom is 0.129 e. The minimum atomic E-state index is -0.267. The first-order chi connectivity index (χ1) is 8.81. The quantitative estimate of drug-likeness (QED) is 0.879. The van der Waals surface area contributed by atoms with E-state index in [1.165, 1.54) is 6.07 Å². The number of halogens is 1. The monoisotopic (exact) mass is 246 g/mol. The van der Waals surface area contributed by atoms with Crippen molar-refractivity contribution in [2.45, 2.75) is 13.0 Å². The van der Waals surface area contributed by atoms with Gasteiger partial charge in [-0.2, -0.15) is 0 Å². The van der Waals surface area contributed by atoms with Crippen LogP contribution in [-0.2, 0) is 13.0 Å². The molecule has 0 aliphatic heterocycles. The number of benzene rings is 2. The Bertz CT molecular complexity index is 511. The SMILES string of the molecule is OCCc1ccccc1OCc1ccccc1F. The van der Waals surface area contributed by atoms with E-state index in [1.54, 1.807) is 18.2 Å². The number of rotatable bonds is 5. The fourth-order valence-electron chi connectivity index (χ4n) is 1.74. The van der Waals surface area contributed by atoms with Crippen LogP contribution in [0.1, 0.15) is 11.1 Å². The number of aliphatic hydroxyl groups excluding tert-OH is 1. The zero-order chi connectivity index (χ0) is 12.8.